The van der Waals surface area contributed by atoms with Gasteiger partial charge in [-0.15, -0.1) is 0 Å². The van der Waals surface area contributed by atoms with Crippen LogP contribution in [-0.2, 0) is 4.74 Å². The minimum atomic E-state index is -0.555. The largest absolute Gasteiger partial charge is 0.462 e. The van der Waals surface area contributed by atoms with E-state index in [4.69, 9.17) is 16.3 Å². The molecule has 116 valence electrons. The highest BCUT2D eigenvalue weighted by molar-refractivity contribution is 6.28. The predicted octanol–water partition coefficient (Wildman–Crippen LogP) is 3.01. The molecule has 0 spiro atoms. The zero-order valence-electron chi connectivity index (χ0n) is 12.0. The second kappa shape index (κ2) is 7.13. The van der Waals surface area contributed by atoms with Crippen LogP contribution in [0.3, 0.4) is 0 Å². The molecule has 1 atom stereocenters. The lowest BCUT2D eigenvalue weighted by atomic mass is 10.2. The van der Waals surface area contributed by atoms with E-state index in [1.807, 2.05) is 0 Å². The zero-order chi connectivity index (χ0) is 16.1. The van der Waals surface area contributed by atoms with E-state index in [-0.39, 0.29) is 29.3 Å². The van der Waals surface area contributed by atoms with Crippen LogP contribution in [-0.4, -0.2) is 27.5 Å². The quantitative estimate of drug-likeness (QED) is 0.673. The zero-order valence-corrected chi connectivity index (χ0v) is 12.8. The van der Waals surface area contributed by atoms with Crippen molar-refractivity contribution in [2.45, 2.75) is 19.9 Å². The van der Waals surface area contributed by atoms with E-state index < -0.39 is 11.8 Å². The fourth-order valence-electron chi connectivity index (χ4n) is 1.75. The van der Waals surface area contributed by atoms with Gasteiger partial charge < -0.3 is 10.1 Å². The first kappa shape index (κ1) is 16.1. The molecule has 0 fully saturated rings. The number of hydrogen-bond acceptors (Lipinski definition) is 6. The highest BCUT2D eigenvalue weighted by Crippen LogP contribution is 2.21. The van der Waals surface area contributed by atoms with Crippen LogP contribution < -0.4 is 5.32 Å². The van der Waals surface area contributed by atoms with Gasteiger partial charge in [0.25, 0.3) is 0 Å². The maximum atomic E-state index is 12.9. The first-order chi connectivity index (χ1) is 10.5. The third-order valence-electron chi connectivity index (χ3n) is 2.80. The van der Waals surface area contributed by atoms with E-state index in [2.05, 4.69) is 20.3 Å². The normalized spacial score (nSPS) is 11.8. The van der Waals surface area contributed by atoms with Crippen molar-refractivity contribution in [1.82, 2.24) is 15.0 Å². The van der Waals surface area contributed by atoms with E-state index >= 15 is 0 Å². The summed E-state index contributed by atoms with van der Waals surface area (Å²) in [4.78, 5) is 23.6. The van der Waals surface area contributed by atoms with Crippen LogP contribution in [0.1, 0.15) is 35.9 Å². The average Bonchev–Trinajstić information content (AvgIpc) is 2.48. The summed E-state index contributed by atoms with van der Waals surface area (Å²) >= 11 is 5.77. The number of hydrogen-bond donors (Lipinski definition) is 1. The molecule has 1 N–H and O–H groups in total. The molecule has 22 heavy (non-hydrogen) atoms. The SMILES string of the molecule is CCOC(=O)c1cnc(Cl)nc1N[C@@H](C)c1ccc(F)cn1. The molecular weight excluding hydrogens is 311 g/mol. The number of carbonyl (C=O) groups excluding carboxylic acids is 1. The van der Waals surface area contributed by atoms with Gasteiger partial charge in [0.15, 0.2) is 0 Å². The molecule has 2 aromatic heterocycles. The summed E-state index contributed by atoms with van der Waals surface area (Å²) < 4.78 is 17.8. The lowest BCUT2D eigenvalue weighted by Gasteiger charge is -2.16. The number of anilines is 1. The summed E-state index contributed by atoms with van der Waals surface area (Å²) in [6.45, 7) is 3.73. The van der Waals surface area contributed by atoms with Gasteiger partial charge in [-0.25, -0.2) is 14.2 Å². The Bertz CT molecular complexity index is 666. The Kier molecular flexibility index (Phi) is 5.21. The number of rotatable bonds is 5. The molecule has 2 heterocycles. The molecule has 6 nitrogen and oxygen atoms in total. The molecule has 0 aliphatic heterocycles. The standard InChI is InChI=1S/C14H14ClFN4O2/c1-3-22-13(21)10-7-18-14(15)20-12(10)19-8(2)11-5-4-9(16)6-17-11/h4-8H,3H2,1-2H3,(H,18,19,20)/t8-/m0/s1. The van der Waals surface area contributed by atoms with Gasteiger partial charge in [-0.05, 0) is 37.6 Å². The molecule has 0 unspecified atom stereocenters. The van der Waals surface area contributed by atoms with E-state index in [9.17, 15) is 9.18 Å². The third-order valence-corrected chi connectivity index (χ3v) is 2.98. The third kappa shape index (κ3) is 3.88. The Hall–Kier alpha value is -2.28. The van der Waals surface area contributed by atoms with Gasteiger partial charge in [0.05, 0.1) is 24.5 Å². The topological polar surface area (TPSA) is 77.0 Å². The molecular formula is C14H14ClFN4O2. The Morgan fingerprint density at radius 2 is 2.18 bits per heavy atom. The molecule has 0 saturated heterocycles. The van der Waals surface area contributed by atoms with Crippen molar-refractivity contribution < 1.29 is 13.9 Å². The van der Waals surface area contributed by atoms with E-state index in [0.717, 1.165) is 6.20 Å². The summed E-state index contributed by atoms with van der Waals surface area (Å²) in [6.07, 6.45) is 2.41. The number of nitrogens with one attached hydrogen (secondary N) is 1. The Morgan fingerprint density at radius 3 is 2.82 bits per heavy atom. The monoisotopic (exact) mass is 324 g/mol. The molecule has 0 radical (unpaired) electrons. The summed E-state index contributed by atoms with van der Waals surface area (Å²) in [5.41, 5.74) is 0.756. The van der Waals surface area contributed by atoms with Crippen molar-refractivity contribution in [3.63, 3.8) is 0 Å². The highest BCUT2D eigenvalue weighted by atomic mass is 35.5. The smallest absolute Gasteiger partial charge is 0.343 e. The van der Waals surface area contributed by atoms with Crippen molar-refractivity contribution in [2.24, 2.45) is 0 Å². The number of pyridine rings is 1. The highest BCUT2D eigenvalue weighted by Gasteiger charge is 2.18. The van der Waals surface area contributed by atoms with Crippen LogP contribution in [0.4, 0.5) is 10.2 Å². The predicted molar refractivity (Wildman–Crippen MR) is 79.2 cm³/mol. The minimum Gasteiger partial charge on any atom is -0.462 e. The van der Waals surface area contributed by atoms with Crippen LogP contribution in [0.15, 0.2) is 24.5 Å². The van der Waals surface area contributed by atoms with E-state index in [0.29, 0.717) is 5.69 Å². The van der Waals surface area contributed by atoms with Gasteiger partial charge in [0.2, 0.25) is 5.28 Å². The second-order valence-electron chi connectivity index (χ2n) is 4.39. The average molecular weight is 325 g/mol. The number of esters is 1. The maximum Gasteiger partial charge on any atom is 0.343 e. The summed E-state index contributed by atoms with van der Waals surface area (Å²) in [5.74, 6) is -0.744. The molecule has 0 aliphatic carbocycles. The van der Waals surface area contributed by atoms with Gasteiger partial charge in [-0.2, -0.15) is 4.98 Å². The minimum absolute atomic E-state index is 0.00480. The van der Waals surface area contributed by atoms with Crippen LogP contribution in [0.5, 0.6) is 0 Å². The van der Waals surface area contributed by atoms with Crippen LogP contribution in [0, 0.1) is 5.82 Å². The fourth-order valence-corrected chi connectivity index (χ4v) is 1.88. The van der Waals surface area contributed by atoms with Crippen molar-refractivity contribution in [2.75, 3.05) is 11.9 Å². The van der Waals surface area contributed by atoms with Crippen molar-refractivity contribution >= 4 is 23.4 Å². The molecule has 0 amide bonds. The Balaban J connectivity index is 2.25. The number of nitrogens with zero attached hydrogens (tertiary/aromatic N) is 3. The number of halogens is 2. The lowest BCUT2D eigenvalue weighted by Crippen LogP contribution is -2.15. The molecule has 2 aromatic rings. The van der Waals surface area contributed by atoms with E-state index in [1.165, 1.54) is 12.3 Å². The number of carbonyl (C=O) groups is 1. The van der Waals surface area contributed by atoms with Crippen LogP contribution >= 0.6 is 11.6 Å². The molecule has 0 aliphatic rings. The van der Waals surface area contributed by atoms with Gasteiger partial charge in [0.1, 0.15) is 17.2 Å². The Labute approximate surface area is 131 Å². The Morgan fingerprint density at radius 1 is 1.41 bits per heavy atom. The van der Waals surface area contributed by atoms with Crippen molar-refractivity contribution in [3.05, 3.63) is 46.9 Å². The van der Waals surface area contributed by atoms with Gasteiger partial charge >= 0.3 is 5.97 Å². The maximum absolute atomic E-state index is 12.9. The molecule has 0 bridgehead atoms. The first-order valence-electron chi connectivity index (χ1n) is 6.59. The summed E-state index contributed by atoms with van der Waals surface area (Å²) in [7, 11) is 0. The molecule has 0 saturated carbocycles. The van der Waals surface area contributed by atoms with E-state index in [1.54, 1.807) is 19.9 Å². The molecule has 8 heteroatoms. The second-order valence-corrected chi connectivity index (χ2v) is 4.73. The summed E-state index contributed by atoms with van der Waals surface area (Å²) in [5, 5.41) is 3.00. The first-order valence-corrected chi connectivity index (χ1v) is 6.96. The van der Waals surface area contributed by atoms with Gasteiger partial charge in [0, 0.05) is 6.20 Å². The summed E-state index contributed by atoms with van der Waals surface area (Å²) in [6, 6.07) is 2.53. The fraction of sp³-hybridized carbons (Fsp3) is 0.286. The number of ether oxygens (including phenoxy) is 1. The molecule has 2 rings (SSSR count). The molecule has 0 aromatic carbocycles. The van der Waals surface area contributed by atoms with Crippen molar-refractivity contribution in [1.29, 1.82) is 0 Å². The van der Waals surface area contributed by atoms with Gasteiger partial charge in [-0.1, -0.05) is 0 Å². The van der Waals surface area contributed by atoms with Crippen LogP contribution in [0.2, 0.25) is 5.28 Å². The van der Waals surface area contributed by atoms with Gasteiger partial charge in [-0.3, -0.25) is 4.98 Å². The number of aromatic nitrogens is 3. The lowest BCUT2D eigenvalue weighted by molar-refractivity contribution is 0.0526. The van der Waals surface area contributed by atoms with Crippen LogP contribution in [0.25, 0.3) is 0 Å². The van der Waals surface area contributed by atoms with Crippen molar-refractivity contribution in [3.8, 4) is 0 Å².